The van der Waals surface area contributed by atoms with Gasteiger partial charge in [0.25, 0.3) is 0 Å². The number of rotatable bonds is 12. The summed E-state index contributed by atoms with van der Waals surface area (Å²) in [5.74, 6) is -0.124. The molecule has 4 rings (SSSR count). The third-order valence-electron chi connectivity index (χ3n) is 7.05. The highest BCUT2D eigenvalue weighted by Gasteiger charge is 2.32. The van der Waals surface area contributed by atoms with Crippen molar-refractivity contribution in [2.45, 2.75) is 37.3 Å². The fourth-order valence-corrected chi connectivity index (χ4v) is 5.60. The van der Waals surface area contributed by atoms with Gasteiger partial charge in [0.1, 0.15) is 0 Å². The van der Waals surface area contributed by atoms with Crippen LogP contribution in [0.15, 0.2) is 84.3 Å². The average molecular weight is 559 g/mol. The Morgan fingerprint density at radius 3 is 2.40 bits per heavy atom. The third-order valence-corrected chi connectivity index (χ3v) is 7.89. The molecule has 6 N–H and O–H groups in total. The topological polar surface area (TPSA) is 123 Å². The molecule has 40 heavy (non-hydrogen) atoms. The van der Waals surface area contributed by atoms with E-state index < -0.39 is 6.04 Å². The molecule has 1 aliphatic heterocycles. The summed E-state index contributed by atoms with van der Waals surface area (Å²) < 4.78 is 0. The molecule has 1 fully saturated rings. The maximum absolute atomic E-state index is 13.9. The van der Waals surface area contributed by atoms with Crippen LogP contribution in [0.25, 0.3) is 6.08 Å². The number of nitrogens with one attached hydrogen (secondary N) is 4. The van der Waals surface area contributed by atoms with E-state index in [2.05, 4.69) is 40.2 Å². The van der Waals surface area contributed by atoms with E-state index in [9.17, 15) is 9.59 Å². The highest BCUT2D eigenvalue weighted by molar-refractivity contribution is 7.10. The molecule has 0 unspecified atom stereocenters. The van der Waals surface area contributed by atoms with Crippen LogP contribution >= 0.6 is 11.3 Å². The fraction of sp³-hybridized carbons (Fsp3) is 0.323. The monoisotopic (exact) mass is 558 g/mol. The van der Waals surface area contributed by atoms with Crippen molar-refractivity contribution in [3.8, 4) is 0 Å². The number of guanidine groups is 1. The molecule has 2 heterocycles. The standard InChI is InChI=1S/C31H38N6O2S/c32-31(33)34-18-7-14-28-30(39)37(22-27(23-9-3-1-4-10-23)24-11-5-2-6-12-24)19-17-25(36-28)21-35-29(38)16-15-26-13-8-20-40-26/h1-6,8-13,15-16,20,25,27-28,36H,7,14,17-19,21-22H2,(H,35,38)(H4,32,33,34)/b16-15+/t25-,28-/m0/s1. The molecule has 2 aromatic carbocycles. The molecule has 0 saturated carbocycles. The molecule has 0 bridgehead atoms. The molecule has 0 radical (unpaired) electrons. The molecule has 9 heteroatoms. The number of hydrogen-bond acceptors (Lipinski definition) is 5. The maximum atomic E-state index is 13.9. The summed E-state index contributed by atoms with van der Waals surface area (Å²) >= 11 is 1.58. The molecular formula is C31H38N6O2S. The Hall–Kier alpha value is -3.95. The molecule has 3 aromatic rings. The van der Waals surface area contributed by atoms with Crippen LogP contribution in [0.5, 0.6) is 0 Å². The van der Waals surface area contributed by atoms with Crippen molar-refractivity contribution in [2.24, 2.45) is 5.73 Å². The van der Waals surface area contributed by atoms with Crippen molar-refractivity contribution in [2.75, 3.05) is 26.2 Å². The van der Waals surface area contributed by atoms with E-state index in [-0.39, 0.29) is 29.7 Å². The lowest BCUT2D eigenvalue weighted by molar-refractivity contribution is -0.133. The van der Waals surface area contributed by atoms with Crippen molar-refractivity contribution >= 4 is 35.2 Å². The van der Waals surface area contributed by atoms with Crippen molar-refractivity contribution in [1.82, 2.24) is 20.9 Å². The first-order chi connectivity index (χ1) is 19.5. The van der Waals surface area contributed by atoms with Gasteiger partial charge in [0.2, 0.25) is 11.8 Å². The molecule has 1 saturated heterocycles. The Balaban J connectivity index is 1.46. The minimum Gasteiger partial charge on any atom is -0.370 e. The van der Waals surface area contributed by atoms with Gasteiger partial charge in [-0.1, -0.05) is 66.7 Å². The Labute approximate surface area is 240 Å². The van der Waals surface area contributed by atoms with E-state index >= 15 is 0 Å². The zero-order valence-corrected chi connectivity index (χ0v) is 23.4. The van der Waals surface area contributed by atoms with E-state index in [4.69, 9.17) is 11.1 Å². The Morgan fingerprint density at radius 2 is 1.77 bits per heavy atom. The van der Waals surface area contributed by atoms with Gasteiger partial charge >= 0.3 is 0 Å². The zero-order chi connectivity index (χ0) is 28.2. The number of amides is 2. The van der Waals surface area contributed by atoms with E-state index in [1.54, 1.807) is 17.4 Å². The van der Waals surface area contributed by atoms with Crippen LogP contribution in [0.1, 0.15) is 41.2 Å². The largest absolute Gasteiger partial charge is 0.370 e. The van der Waals surface area contributed by atoms with E-state index in [0.717, 1.165) is 11.3 Å². The number of nitrogens with zero attached hydrogens (tertiary/aromatic N) is 1. The number of thiophene rings is 1. The van der Waals surface area contributed by atoms with Crippen LogP contribution in [-0.2, 0) is 9.59 Å². The predicted molar refractivity (Wildman–Crippen MR) is 162 cm³/mol. The molecular weight excluding hydrogens is 520 g/mol. The predicted octanol–water partition coefficient (Wildman–Crippen LogP) is 3.53. The molecule has 210 valence electrons. The van der Waals surface area contributed by atoms with Gasteiger partial charge in [0.05, 0.1) is 6.04 Å². The lowest BCUT2D eigenvalue weighted by Gasteiger charge is -2.29. The fourth-order valence-electron chi connectivity index (χ4n) is 4.98. The summed E-state index contributed by atoms with van der Waals surface area (Å²) in [6.07, 6.45) is 5.36. The number of carbonyl (C=O) groups excluding carboxylic acids is 2. The minimum atomic E-state index is -0.396. The quantitative estimate of drug-likeness (QED) is 0.101. The molecule has 2 atom stereocenters. The average Bonchev–Trinajstić information content (AvgIpc) is 3.45. The van der Waals surface area contributed by atoms with E-state index in [1.165, 1.54) is 11.1 Å². The van der Waals surface area contributed by atoms with Crippen LogP contribution in [0, 0.1) is 5.41 Å². The SMILES string of the molecule is N=C(N)NCCC[C@@H]1N[C@H](CNC(=O)/C=C/c2cccs2)CCN(CC(c2ccccc2)c2ccccc2)C1=O. The minimum absolute atomic E-state index is 0.0463. The lowest BCUT2D eigenvalue weighted by Crippen LogP contribution is -2.49. The lowest BCUT2D eigenvalue weighted by atomic mass is 9.90. The first kappa shape index (κ1) is 29.0. The highest BCUT2D eigenvalue weighted by atomic mass is 32.1. The van der Waals surface area contributed by atoms with Crippen molar-refractivity contribution in [1.29, 1.82) is 5.41 Å². The molecule has 2 amide bonds. The van der Waals surface area contributed by atoms with Crippen LogP contribution in [0.3, 0.4) is 0 Å². The van der Waals surface area contributed by atoms with E-state index in [0.29, 0.717) is 39.0 Å². The second kappa shape index (κ2) is 15.0. The Kier molecular flexibility index (Phi) is 10.9. The van der Waals surface area contributed by atoms with Gasteiger partial charge in [-0.2, -0.15) is 0 Å². The molecule has 1 aliphatic rings. The normalized spacial score (nSPS) is 17.6. The molecule has 1 aromatic heterocycles. The van der Waals surface area contributed by atoms with Crippen LogP contribution in [0.2, 0.25) is 0 Å². The first-order valence-electron chi connectivity index (χ1n) is 13.7. The van der Waals surface area contributed by atoms with Gasteiger partial charge < -0.3 is 26.6 Å². The molecule has 0 aliphatic carbocycles. The van der Waals surface area contributed by atoms with Crippen LogP contribution < -0.4 is 21.7 Å². The van der Waals surface area contributed by atoms with Gasteiger partial charge in [0.15, 0.2) is 5.96 Å². The third kappa shape index (κ3) is 8.79. The second-order valence-electron chi connectivity index (χ2n) is 9.94. The maximum Gasteiger partial charge on any atom is 0.244 e. The number of hydrogen-bond donors (Lipinski definition) is 5. The van der Waals surface area contributed by atoms with Crippen LogP contribution in [0.4, 0.5) is 0 Å². The Bertz CT molecular complexity index is 1210. The van der Waals surface area contributed by atoms with E-state index in [1.807, 2.05) is 64.9 Å². The number of nitrogens with two attached hydrogens (primary N) is 1. The summed E-state index contributed by atoms with van der Waals surface area (Å²) in [4.78, 5) is 29.3. The zero-order valence-electron chi connectivity index (χ0n) is 22.6. The summed E-state index contributed by atoms with van der Waals surface area (Å²) in [6, 6.07) is 24.1. The highest BCUT2D eigenvalue weighted by Crippen LogP contribution is 2.27. The van der Waals surface area contributed by atoms with Gasteiger partial charge in [-0.3, -0.25) is 15.0 Å². The summed E-state index contributed by atoms with van der Waals surface area (Å²) in [5, 5.41) is 18.7. The summed E-state index contributed by atoms with van der Waals surface area (Å²) in [6.45, 7) is 2.11. The smallest absolute Gasteiger partial charge is 0.244 e. The van der Waals surface area contributed by atoms with Gasteiger partial charge in [-0.05, 0) is 47.9 Å². The molecule has 8 nitrogen and oxygen atoms in total. The van der Waals surface area contributed by atoms with Crippen molar-refractivity contribution in [3.05, 3.63) is 100 Å². The van der Waals surface area contributed by atoms with Crippen LogP contribution in [-0.4, -0.2) is 60.9 Å². The number of benzene rings is 2. The van der Waals surface area contributed by atoms with Gasteiger partial charge in [-0.15, -0.1) is 11.3 Å². The first-order valence-corrected chi connectivity index (χ1v) is 14.6. The summed E-state index contributed by atoms with van der Waals surface area (Å²) in [5.41, 5.74) is 7.77. The second-order valence-corrected chi connectivity index (χ2v) is 10.9. The van der Waals surface area contributed by atoms with Gasteiger partial charge in [-0.25, -0.2) is 0 Å². The summed E-state index contributed by atoms with van der Waals surface area (Å²) in [7, 11) is 0. The molecule has 0 spiro atoms. The van der Waals surface area contributed by atoms with Crippen molar-refractivity contribution in [3.63, 3.8) is 0 Å². The number of carbonyl (C=O) groups is 2. The van der Waals surface area contributed by atoms with Crippen molar-refractivity contribution < 1.29 is 9.59 Å². The Morgan fingerprint density at radius 1 is 1.07 bits per heavy atom. The van der Waals surface area contributed by atoms with Gasteiger partial charge in [0, 0.05) is 49.1 Å².